The molecule has 3 aromatic rings. The van der Waals surface area contributed by atoms with Gasteiger partial charge in [-0.3, -0.25) is 0 Å². The summed E-state index contributed by atoms with van der Waals surface area (Å²) in [5, 5.41) is 3.34. The first-order valence-corrected chi connectivity index (χ1v) is 9.40. The van der Waals surface area contributed by atoms with E-state index in [0.717, 1.165) is 16.8 Å². The summed E-state index contributed by atoms with van der Waals surface area (Å²) < 4.78 is 0. The molecule has 0 heterocycles. The van der Waals surface area contributed by atoms with Crippen LogP contribution in [0.15, 0.2) is 73.3 Å². The highest BCUT2D eigenvalue weighted by molar-refractivity contribution is 5.82. The molecule has 1 unspecified atom stereocenters. The summed E-state index contributed by atoms with van der Waals surface area (Å²) in [6.07, 6.45) is -0.278. The average Bonchev–Trinajstić information content (AvgIpc) is 2.89. The van der Waals surface area contributed by atoms with Gasteiger partial charge < -0.3 is 11.1 Å². The standard InChI is InChI=1S/C25H26N2/c1-16-10-12-20-21-13-11-19(15-23(21)25(3,4)22(20)14-16)17(2)27-24(26)18-8-6-5-7-9-18/h5-15,24,27H,2,26H2,1,3-4H3. The molecule has 0 amide bonds. The number of hydrogen-bond acceptors (Lipinski definition) is 2. The highest BCUT2D eigenvalue weighted by Crippen LogP contribution is 2.49. The first kappa shape index (κ1) is 17.6. The second-order valence-electron chi connectivity index (χ2n) is 7.95. The molecule has 136 valence electrons. The van der Waals surface area contributed by atoms with Crippen molar-refractivity contribution in [3.63, 3.8) is 0 Å². The Morgan fingerprint density at radius 1 is 0.926 bits per heavy atom. The van der Waals surface area contributed by atoms with Gasteiger partial charge in [-0.25, -0.2) is 0 Å². The maximum absolute atomic E-state index is 6.31. The maximum atomic E-state index is 6.31. The average molecular weight is 354 g/mol. The van der Waals surface area contributed by atoms with E-state index in [4.69, 9.17) is 5.73 Å². The molecule has 0 bridgehead atoms. The van der Waals surface area contributed by atoms with Crippen molar-refractivity contribution in [2.45, 2.75) is 32.4 Å². The lowest BCUT2D eigenvalue weighted by Gasteiger charge is -2.23. The Kier molecular flexibility index (Phi) is 4.16. The van der Waals surface area contributed by atoms with Gasteiger partial charge in [-0.1, -0.05) is 86.7 Å². The van der Waals surface area contributed by atoms with E-state index >= 15 is 0 Å². The normalized spacial score (nSPS) is 15.0. The highest BCUT2D eigenvalue weighted by atomic mass is 15.0. The lowest BCUT2D eigenvalue weighted by Crippen LogP contribution is -2.27. The maximum Gasteiger partial charge on any atom is 0.101 e. The fraction of sp³-hybridized carbons (Fsp3) is 0.200. The number of aryl methyl sites for hydroxylation is 1. The van der Waals surface area contributed by atoms with Crippen LogP contribution in [0.25, 0.3) is 16.8 Å². The van der Waals surface area contributed by atoms with E-state index in [1.807, 2.05) is 30.3 Å². The van der Waals surface area contributed by atoms with Crippen LogP contribution in [0.1, 0.15) is 47.8 Å². The van der Waals surface area contributed by atoms with Gasteiger partial charge in [0, 0.05) is 11.1 Å². The number of benzene rings is 3. The molecule has 27 heavy (non-hydrogen) atoms. The summed E-state index contributed by atoms with van der Waals surface area (Å²) >= 11 is 0. The third-order valence-corrected chi connectivity index (χ3v) is 5.67. The highest BCUT2D eigenvalue weighted by Gasteiger charge is 2.35. The molecule has 3 aromatic carbocycles. The Balaban J connectivity index is 1.65. The van der Waals surface area contributed by atoms with Gasteiger partial charge in [0.25, 0.3) is 0 Å². The number of rotatable bonds is 4. The van der Waals surface area contributed by atoms with E-state index in [0.29, 0.717) is 0 Å². The number of fused-ring (bicyclic) bond motifs is 3. The van der Waals surface area contributed by atoms with Crippen molar-refractivity contribution in [1.82, 2.24) is 5.32 Å². The van der Waals surface area contributed by atoms with Crippen LogP contribution in [0.2, 0.25) is 0 Å². The van der Waals surface area contributed by atoms with Crippen molar-refractivity contribution in [3.05, 3.63) is 101 Å². The zero-order valence-corrected chi connectivity index (χ0v) is 16.2. The van der Waals surface area contributed by atoms with E-state index in [1.165, 1.54) is 27.8 Å². The van der Waals surface area contributed by atoms with Crippen molar-refractivity contribution in [2.75, 3.05) is 0 Å². The van der Waals surface area contributed by atoms with Crippen LogP contribution < -0.4 is 11.1 Å². The van der Waals surface area contributed by atoms with Crippen molar-refractivity contribution in [3.8, 4) is 11.1 Å². The molecule has 0 aromatic heterocycles. The van der Waals surface area contributed by atoms with Crippen LogP contribution in [0.3, 0.4) is 0 Å². The van der Waals surface area contributed by atoms with Crippen LogP contribution >= 0.6 is 0 Å². The van der Waals surface area contributed by atoms with Gasteiger partial charge in [-0.2, -0.15) is 0 Å². The zero-order valence-electron chi connectivity index (χ0n) is 16.2. The Bertz CT molecular complexity index is 1020. The van der Waals surface area contributed by atoms with Crippen molar-refractivity contribution >= 4 is 5.70 Å². The Labute approximate surface area is 161 Å². The van der Waals surface area contributed by atoms with Crippen LogP contribution in [-0.2, 0) is 5.41 Å². The van der Waals surface area contributed by atoms with Crippen LogP contribution in [-0.4, -0.2) is 0 Å². The van der Waals surface area contributed by atoms with Gasteiger partial charge in [-0.15, -0.1) is 0 Å². The topological polar surface area (TPSA) is 38.0 Å². The second kappa shape index (κ2) is 6.40. The molecule has 1 atom stereocenters. The molecule has 4 rings (SSSR count). The Hall–Kier alpha value is -2.84. The lowest BCUT2D eigenvalue weighted by molar-refractivity contribution is 0.656. The molecule has 0 aliphatic heterocycles. The van der Waals surface area contributed by atoms with E-state index < -0.39 is 0 Å². The fourth-order valence-corrected chi connectivity index (χ4v) is 4.05. The molecule has 0 saturated carbocycles. The Morgan fingerprint density at radius 2 is 1.56 bits per heavy atom. The predicted octanol–water partition coefficient (Wildman–Crippen LogP) is 5.52. The van der Waals surface area contributed by atoms with Crippen molar-refractivity contribution < 1.29 is 0 Å². The van der Waals surface area contributed by atoms with E-state index in [1.54, 1.807) is 0 Å². The Morgan fingerprint density at radius 3 is 2.26 bits per heavy atom. The summed E-state index contributed by atoms with van der Waals surface area (Å²) in [7, 11) is 0. The molecule has 1 aliphatic rings. The summed E-state index contributed by atoms with van der Waals surface area (Å²) in [6, 6.07) is 23.4. The molecular weight excluding hydrogens is 328 g/mol. The van der Waals surface area contributed by atoms with Gasteiger partial charge in [-0.05, 0) is 46.4 Å². The van der Waals surface area contributed by atoms with Crippen LogP contribution in [0.4, 0.5) is 0 Å². The van der Waals surface area contributed by atoms with E-state index in [9.17, 15) is 0 Å². The molecule has 2 nitrogen and oxygen atoms in total. The molecule has 0 fully saturated rings. The minimum absolute atomic E-state index is 0.0193. The molecule has 1 aliphatic carbocycles. The molecule has 0 radical (unpaired) electrons. The van der Waals surface area contributed by atoms with Crippen LogP contribution in [0, 0.1) is 6.92 Å². The van der Waals surface area contributed by atoms with Crippen LogP contribution in [0.5, 0.6) is 0 Å². The molecule has 3 N–H and O–H groups in total. The third-order valence-electron chi connectivity index (χ3n) is 5.67. The number of nitrogens with one attached hydrogen (secondary N) is 1. The second-order valence-corrected chi connectivity index (χ2v) is 7.95. The zero-order chi connectivity index (χ0) is 19.2. The summed E-state index contributed by atoms with van der Waals surface area (Å²) in [4.78, 5) is 0. The van der Waals surface area contributed by atoms with Crippen molar-refractivity contribution in [1.29, 1.82) is 0 Å². The minimum Gasteiger partial charge on any atom is -0.366 e. The number of hydrogen-bond donors (Lipinski definition) is 2. The molecule has 2 heteroatoms. The summed E-state index contributed by atoms with van der Waals surface area (Å²) in [6.45, 7) is 11.0. The summed E-state index contributed by atoms with van der Waals surface area (Å²) in [5.41, 5.74) is 16.0. The third kappa shape index (κ3) is 2.96. The monoisotopic (exact) mass is 354 g/mol. The van der Waals surface area contributed by atoms with Crippen molar-refractivity contribution in [2.24, 2.45) is 5.73 Å². The largest absolute Gasteiger partial charge is 0.366 e. The lowest BCUT2D eigenvalue weighted by atomic mass is 9.81. The van der Waals surface area contributed by atoms with Gasteiger partial charge in [0.05, 0.1) is 0 Å². The van der Waals surface area contributed by atoms with Gasteiger partial charge in [0.1, 0.15) is 6.17 Å². The quantitative estimate of drug-likeness (QED) is 0.606. The smallest absolute Gasteiger partial charge is 0.101 e. The van der Waals surface area contributed by atoms with E-state index in [2.05, 4.69) is 69.1 Å². The first-order valence-electron chi connectivity index (χ1n) is 9.40. The molecular formula is C25H26N2. The molecule has 0 spiro atoms. The minimum atomic E-state index is -0.278. The SMILES string of the molecule is C=C(NC(N)c1ccccc1)c1ccc2c(c1)C(C)(C)c1cc(C)ccc1-2. The van der Waals surface area contributed by atoms with Gasteiger partial charge in [0.15, 0.2) is 0 Å². The fourth-order valence-electron chi connectivity index (χ4n) is 4.05. The van der Waals surface area contributed by atoms with Gasteiger partial charge >= 0.3 is 0 Å². The predicted molar refractivity (Wildman–Crippen MR) is 114 cm³/mol. The molecule has 0 saturated heterocycles. The van der Waals surface area contributed by atoms with Gasteiger partial charge in [0.2, 0.25) is 0 Å². The summed E-state index contributed by atoms with van der Waals surface area (Å²) in [5.74, 6) is 0. The number of nitrogens with two attached hydrogens (primary N) is 1. The van der Waals surface area contributed by atoms with E-state index in [-0.39, 0.29) is 11.6 Å². The first-order chi connectivity index (χ1) is 12.9.